The summed E-state index contributed by atoms with van der Waals surface area (Å²) >= 11 is 5.85. The lowest BCUT2D eigenvalue weighted by Gasteiger charge is -2.30. The number of carbonyl (C=O) groups is 1. The van der Waals surface area contributed by atoms with Crippen molar-refractivity contribution in [3.8, 4) is 0 Å². The highest BCUT2D eigenvalue weighted by Gasteiger charge is 2.25. The van der Waals surface area contributed by atoms with E-state index in [4.69, 9.17) is 17.3 Å². The van der Waals surface area contributed by atoms with E-state index in [9.17, 15) is 9.18 Å². The van der Waals surface area contributed by atoms with Gasteiger partial charge in [-0.25, -0.2) is 4.39 Å². The molecular formula is C16H14ClFN2O. The average Bonchev–Trinajstić information content (AvgIpc) is 2.49. The van der Waals surface area contributed by atoms with E-state index in [0.29, 0.717) is 30.2 Å². The van der Waals surface area contributed by atoms with Crippen molar-refractivity contribution < 1.29 is 9.18 Å². The second-order valence-corrected chi connectivity index (χ2v) is 5.52. The lowest BCUT2D eigenvalue weighted by molar-refractivity contribution is 0.0730. The van der Waals surface area contributed by atoms with Crippen molar-refractivity contribution >= 4 is 23.2 Å². The molecule has 2 N–H and O–H groups in total. The number of hydrogen-bond acceptors (Lipinski definition) is 2. The molecule has 21 heavy (non-hydrogen) atoms. The van der Waals surface area contributed by atoms with Crippen LogP contribution in [0.5, 0.6) is 0 Å². The maximum absolute atomic E-state index is 13.8. The predicted octanol–water partition coefficient (Wildman–Crippen LogP) is 3.26. The Kier molecular flexibility index (Phi) is 3.55. The van der Waals surface area contributed by atoms with Crippen molar-refractivity contribution in [1.82, 2.24) is 4.90 Å². The molecule has 0 unspecified atom stereocenters. The fourth-order valence-corrected chi connectivity index (χ4v) is 2.78. The lowest BCUT2D eigenvalue weighted by atomic mass is 9.97. The van der Waals surface area contributed by atoms with Gasteiger partial charge in [0.1, 0.15) is 5.82 Å². The number of amides is 1. The Morgan fingerprint density at radius 3 is 2.90 bits per heavy atom. The van der Waals surface area contributed by atoms with E-state index in [2.05, 4.69) is 0 Å². The summed E-state index contributed by atoms with van der Waals surface area (Å²) in [5.74, 6) is -0.917. The van der Waals surface area contributed by atoms with Gasteiger partial charge in [0.2, 0.25) is 0 Å². The Bertz CT molecular complexity index is 717. The van der Waals surface area contributed by atoms with Crippen LogP contribution in [0.1, 0.15) is 21.5 Å². The molecule has 108 valence electrons. The first-order valence-electron chi connectivity index (χ1n) is 6.67. The van der Waals surface area contributed by atoms with Crippen LogP contribution in [0.25, 0.3) is 0 Å². The average molecular weight is 305 g/mol. The predicted molar refractivity (Wildman–Crippen MR) is 80.7 cm³/mol. The molecular weight excluding hydrogens is 291 g/mol. The monoisotopic (exact) mass is 304 g/mol. The Hall–Kier alpha value is -2.07. The number of nitrogen functional groups attached to an aromatic ring is 1. The SMILES string of the molecule is Nc1cccc2c1CN(C(=O)c1cc(Cl)ccc1F)CC2. The van der Waals surface area contributed by atoms with Gasteiger partial charge in [-0.15, -0.1) is 0 Å². The molecule has 1 heterocycles. The third kappa shape index (κ3) is 2.59. The third-order valence-electron chi connectivity index (χ3n) is 3.76. The van der Waals surface area contributed by atoms with E-state index in [1.165, 1.54) is 18.2 Å². The van der Waals surface area contributed by atoms with Crippen LogP contribution in [0.15, 0.2) is 36.4 Å². The van der Waals surface area contributed by atoms with Crippen LogP contribution in [0, 0.1) is 5.82 Å². The van der Waals surface area contributed by atoms with Gasteiger partial charge < -0.3 is 10.6 Å². The van der Waals surface area contributed by atoms with Crippen LogP contribution in [-0.2, 0) is 13.0 Å². The largest absolute Gasteiger partial charge is 0.398 e. The maximum Gasteiger partial charge on any atom is 0.257 e. The Balaban J connectivity index is 1.91. The van der Waals surface area contributed by atoms with E-state index in [-0.39, 0.29) is 11.5 Å². The van der Waals surface area contributed by atoms with Crippen LogP contribution in [0.3, 0.4) is 0 Å². The molecule has 3 rings (SSSR count). The van der Waals surface area contributed by atoms with E-state index >= 15 is 0 Å². The molecule has 2 aromatic rings. The third-order valence-corrected chi connectivity index (χ3v) is 3.99. The Labute approximate surface area is 127 Å². The molecule has 0 atom stereocenters. The zero-order valence-electron chi connectivity index (χ0n) is 11.3. The zero-order chi connectivity index (χ0) is 15.0. The second-order valence-electron chi connectivity index (χ2n) is 5.09. The number of rotatable bonds is 1. The smallest absolute Gasteiger partial charge is 0.257 e. The van der Waals surface area contributed by atoms with Crippen LogP contribution in [0.2, 0.25) is 5.02 Å². The van der Waals surface area contributed by atoms with Gasteiger partial charge in [-0.2, -0.15) is 0 Å². The molecule has 0 fully saturated rings. The summed E-state index contributed by atoms with van der Waals surface area (Å²) in [5.41, 5.74) is 8.72. The molecule has 1 aliphatic rings. The summed E-state index contributed by atoms with van der Waals surface area (Å²) < 4.78 is 13.8. The van der Waals surface area contributed by atoms with E-state index in [0.717, 1.165) is 11.1 Å². The van der Waals surface area contributed by atoms with Crippen molar-refractivity contribution in [1.29, 1.82) is 0 Å². The quantitative estimate of drug-likeness (QED) is 0.822. The number of hydrogen-bond donors (Lipinski definition) is 1. The molecule has 3 nitrogen and oxygen atoms in total. The number of nitrogens with zero attached hydrogens (tertiary/aromatic N) is 1. The van der Waals surface area contributed by atoms with Crippen molar-refractivity contribution in [2.45, 2.75) is 13.0 Å². The molecule has 0 aromatic heterocycles. The molecule has 1 aliphatic heterocycles. The topological polar surface area (TPSA) is 46.3 Å². The van der Waals surface area contributed by atoms with Crippen molar-refractivity contribution in [3.63, 3.8) is 0 Å². The number of carbonyl (C=O) groups excluding carboxylic acids is 1. The van der Waals surface area contributed by atoms with Gasteiger partial charge in [0.05, 0.1) is 5.56 Å². The fraction of sp³-hybridized carbons (Fsp3) is 0.188. The number of fused-ring (bicyclic) bond motifs is 1. The normalized spacial score (nSPS) is 13.9. The zero-order valence-corrected chi connectivity index (χ0v) is 12.0. The van der Waals surface area contributed by atoms with Gasteiger partial charge in [0.25, 0.3) is 5.91 Å². The summed E-state index contributed by atoms with van der Waals surface area (Å²) in [6.07, 6.45) is 0.717. The van der Waals surface area contributed by atoms with Crippen molar-refractivity contribution in [2.75, 3.05) is 12.3 Å². The first-order chi connectivity index (χ1) is 10.1. The van der Waals surface area contributed by atoms with E-state index < -0.39 is 5.82 Å². The Morgan fingerprint density at radius 1 is 1.29 bits per heavy atom. The molecule has 0 aliphatic carbocycles. The van der Waals surface area contributed by atoms with Gasteiger partial charge in [-0.3, -0.25) is 4.79 Å². The molecule has 0 saturated heterocycles. The molecule has 2 aromatic carbocycles. The number of halogens is 2. The van der Waals surface area contributed by atoms with Crippen molar-refractivity contribution in [2.24, 2.45) is 0 Å². The minimum atomic E-state index is -0.559. The standard InChI is InChI=1S/C16H14ClFN2O/c17-11-4-5-14(18)12(8-11)16(21)20-7-6-10-2-1-3-15(19)13(10)9-20/h1-5,8H,6-7,9,19H2. The molecule has 5 heteroatoms. The summed E-state index contributed by atoms with van der Waals surface area (Å²) in [7, 11) is 0. The highest BCUT2D eigenvalue weighted by Crippen LogP contribution is 2.26. The van der Waals surface area contributed by atoms with Gasteiger partial charge in [-0.1, -0.05) is 23.7 Å². The Morgan fingerprint density at radius 2 is 2.10 bits per heavy atom. The van der Waals surface area contributed by atoms with Crippen LogP contribution in [0.4, 0.5) is 10.1 Å². The molecule has 0 saturated carbocycles. The summed E-state index contributed by atoms with van der Waals surface area (Å²) in [6.45, 7) is 0.939. The van der Waals surface area contributed by atoms with Crippen LogP contribution < -0.4 is 5.73 Å². The van der Waals surface area contributed by atoms with Gasteiger partial charge in [0.15, 0.2) is 0 Å². The molecule has 1 amide bonds. The van der Waals surface area contributed by atoms with Gasteiger partial charge in [-0.05, 0) is 41.8 Å². The summed E-state index contributed by atoms with van der Waals surface area (Å²) in [5, 5.41) is 0.344. The number of anilines is 1. The number of nitrogens with two attached hydrogens (primary N) is 1. The van der Waals surface area contributed by atoms with E-state index in [1.807, 2.05) is 18.2 Å². The fourth-order valence-electron chi connectivity index (χ4n) is 2.61. The number of benzene rings is 2. The second kappa shape index (κ2) is 5.37. The van der Waals surface area contributed by atoms with Crippen LogP contribution in [-0.4, -0.2) is 17.4 Å². The lowest BCUT2D eigenvalue weighted by Crippen LogP contribution is -2.36. The molecule has 0 bridgehead atoms. The van der Waals surface area contributed by atoms with Crippen molar-refractivity contribution in [3.05, 3.63) is 63.9 Å². The minimum Gasteiger partial charge on any atom is -0.398 e. The maximum atomic E-state index is 13.8. The van der Waals surface area contributed by atoms with Gasteiger partial charge in [0, 0.05) is 23.8 Å². The first-order valence-corrected chi connectivity index (χ1v) is 7.04. The molecule has 0 radical (unpaired) electrons. The minimum absolute atomic E-state index is 0.000419. The summed E-state index contributed by atoms with van der Waals surface area (Å²) in [6, 6.07) is 9.73. The van der Waals surface area contributed by atoms with E-state index in [1.54, 1.807) is 4.90 Å². The highest BCUT2D eigenvalue weighted by atomic mass is 35.5. The first kappa shape index (κ1) is 13.9. The van der Waals surface area contributed by atoms with Crippen LogP contribution >= 0.6 is 11.6 Å². The molecule has 0 spiro atoms. The summed E-state index contributed by atoms with van der Waals surface area (Å²) in [4.78, 5) is 14.1. The van der Waals surface area contributed by atoms with Gasteiger partial charge >= 0.3 is 0 Å². The highest BCUT2D eigenvalue weighted by molar-refractivity contribution is 6.31.